The fourth-order valence-corrected chi connectivity index (χ4v) is 8.53. The molecule has 1 aliphatic heterocycles. The van der Waals surface area contributed by atoms with E-state index in [0.29, 0.717) is 13.0 Å². The van der Waals surface area contributed by atoms with E-state index in [1.54, 1.807) is 12.2 Å². The van der Waals surface area contributed by atoms with Gasteiger partial charge in [0.15, 0.2) is 17.2 Å². The van der Waals surface area contributed by atoms with Crippen LogP contribution in [0.5, 0.6) is 0 Å². The zero-order chi connectivity index (χ0) is 22.9. The maximum Gasteiger partial charge on any atom is 0.192 e. The van der Waals surface area contributed by atoms with E-state index in [1.165, 1.54) is 0 Å². The molecular formula is C26H37NO5. The molecule has 5 rings (SSSR count). The zero-order valence-corrected chi connectivity index (χ0v) is 19.5. The number of allylic oxidation sites excluding steroid dienone is 4. The fourth-order valence-electron chi connectivity index (χ4n) is 8.53. The summed E-state index contributed by atoms with van der Waals surface area (Å²) in [6, 6.07) is 0. The summed E-state index contributed by atoms with van der Waals surface area (Å²) in [6.45, 7) is 7.40. The molecule has 0 radical (unpaired) electrons. The molecule has 6 heteroatoms. The lowest BCUT2D eigenvalue weighted by Crippen LogP contribution is -2.63. The summed E-state index contributed by atoms with van der Waals surface area (Å²) in [5.74, 6) is 0.367. The van der Waals surface area contributed by atoms with Crippen molar-refractivity contribution in [3.63, 3.8) is 0 Å². The Bertz CT molecular complexity index is 881. The lowest BCUT2D eigenvalue weighted by molar-refractivity contribution is -0.251. The van der Waals surface area contributed by atoms with E-state index in [1.807, 2.05) is 11.1 Å². The van der Waals surface area contributed by atoms with Gasteiger partial charge < -0.3 is 10.2 Å². The molecule has 1 saturated heterocycles. The van der Waals surface area contributed by atoms with Crippen molar-refractivity contribution in [2.24, 2.45) is 34.5 Å². The van der Waals surface area contributed by atoms with Gasteiger partial charge in [-0.05, 0) is 56.1 Å². The largest absolute Gasteiger partial charge is 0.393 e. The van der Waals surface area contributed by atoms with Crippen molar-refractivity contribution in [2.75, 3.05) is 19.7 Å². The maximum absolute atomic E-state index is 13.3. The molecule has 0 aromatic carbocycles. The molecule has 2 N–H and O–H groups in total. The number of hydrogen-bond acceptors (Lipinski definition) is 6. The molecule has 0 aromatic rings. The van der Waals surface area contributed by atoms with Crippen LogP contribution in [0.4, 0.5) is 0 Å². The topological polar surface area (TPSA) is 87.1 Å². The van der Waals surface area contributed by atoms with E-state index in [2.05, 4.69) is 20.8 Å². The Kier molecular flexibility index (Phi) is 5.32. The molecule has 6 nitrogen and oxygen atoms in total. The minimum Gasteiger partial charge on any atom is -0.393 e. The van der Waals surface area contributed by atoms with E-state index in [4.69, 9.17) is 4.84 Å². The van der Waals surface area contributed by atoms with Gasteiger partial charge in [-0.2, -0.15) is 5.06 Å². The summed E-state index contributed by atoms with van der Waals surface area (Å²) in [6.07, 6.45) is 10.0. The van der Waals surface area contributed by atoms with Crippen LogP contribution in [0.2, 0.25) is 0 Å². The molecule has 4 aliphatic carbocycles. The number of fused-ring (bicyclic) bond motifs is 7. The highest BCUT2D eigenvalue weighted by molar-refractivity contribution is 6.01. The second kappa shape index (κ2) is 7.59. The normalized spacial score (nSPS) is 47.5. The molecule has 176 valence electrons. The molecule has 0 amide bonds. The average molecular weight is 444 g/mol. The number of hydroxylamine groups is 2. The molecule has 3 unspecified atom stereocenters. The standard InChI is InChI=1S/C26H37NO5/c1-4-5-10-27-14-17-12-20-19-7-6-16-11-18(29)8-9-24(16,2)23(19)21(30)13-25(20,3)26(17,32-27)22(31)15-28/h8-9,11,17,19-21,23,28,30H,4-7,10,12-15H2,1-3H3/t17-,19?,20?,21-,23?,24-,25-,26-/m0/s1. The predicted octanol–water partition coefficient (Wildman–Crippen LogP) is 2.84. The van der Waals surface area contributed by atoms with E-state index >= 15 is 0 Å². The maximum atomic E-state index is 13.3. The van der Waals surface area contributed by atoms with Crippen molar-refractivity contribution < 1.29 is 24.6 Å². The summed E-state index contributed by atoms with van der Waals surface area (Å²) in [7, 11) is 0. The summed E-state index contributed by atoms with van der Waals surface area (Å²) in [4.78, 5) is 31.9. The predicted molar refractivity (Wildman–Crippen MR) is 119 cm³/mol. The van der Waals surface area contributed by atoms with Gasteiger partial charge in [0.2, 0.25) is 0 Å². The molecule has 0 spiro atoms. The molecule has 1 heterocycles. The lowest BCUT2D eigenvalue weighted by Gasteiger charge is -2.59. The van der Waals surface area contributed by atoms with Gasteiger partial charge in [-0.15, -0.1) is 0 Å². The minimum absolute atomic E-state index is 0.0289. The second-order valence-corrected chi connectivity index (χ2v) is 11.3. The lowest BCUT2D eigenvalue weighted by atomic mass is 9.46. The number of carbonyl (C=O) groups is 2. The number of carbonyl (C=O) groups excluding carboxylic acids is 2. The first-order chi connectivity index (χ1) is 15.2. The van der Waals surface area contributed by atoms with Crippen LogP contribution in [0.1, 0.15) is 59.3 Å². The van der Waals surface area contributed by atoms with E-state index in [-0.39, 0.29) is 40.7 Å². The van der Waals surface area contributed by atoms with Crippen molar-refractivity contribution in [1.82, 2.24) is 5.06 Å². The van der Waals surface area contributed by atoms with Gasteiger partial charge in [-0.3, -0.25) is 14.4 Å². The van der Waals surface area contributed by atoms with Gasteiger partial charge in [-0.1, -0.05) is 38.8 Å². The highest BCUT2D eigenvalue weighted by Crippen LogP contribution is 2.70. The first-order valence-electron chi connectivity index (χ1n) is 12.4. The number of unbranched alkanes of at least 4 members (excludes halogenated alkanes) is 1. The minimum atomic E-state index is -1.05. The third-order valence-corrected chi connectivity index (χ3v) is 9.86. The number of aliphatic hydroxyl groups excluding tert-OH is 2. The molecule has 32 heavy (non-hydrogen) atoms. The third-order valence-electron chi connectivity index (χ3n) is 9.86. The summed E-state index contributed by atoms with van der Waals surface area (Å²) in [5.41, 5.74) is -0.765. The van der Waals surface area contributed by atoms with Gasteiger partial charge >= 0.3 is 0 Å². The van der Waals surface area contributed by atoms with Crippen molar-refractivity contribution in [1.29, 1.82) is 0 Å². The third kappa shape index (κ3) is 2.79. The van der Waals surface area contributed by atoms with Gasteiger partial charge in [0.25, 0.3) is 0 Å². The SMILES string of the molecule is CCCCN1C[C@@H]2CC3C4CCC5=CC(=O)C=C[C@]5(C)C4[C@@H](O)C[C@]3(C)[C@]2(C(=O)CO)O1. The summed E-state index contributed by atoms with van der Waals surface area (Å²) >= 11 is 0. The highest BCUT2D eigenvalue weighted by atomic mass is 16.7. The Hall–Kier alpha value is -1.34. The molecule has 8 atom stereocenters. The van der Waals surface area contributed by atoms with Crippen LogP contribution in [-0.2, 0) is 14.4 Å². The number of hydrogen-bond donors (Lipinski definition) is 2. The van der Waals surface area contributed by atoms with Crippen LogP contribution in [0.3, 0.4) is 0 Å². The van der Waals surface area contributed by atoms with Crippen LogP contribution < -0.4 is 0 Å². The molecule has 3 saturated carbocycles. The Labute approximate surface area is 190 Å². The van der Waals surface area contributed by atoms with Crippen LogP contribution in [-0.4, -0.2) is 58.2 Å². The average Bonchev–Trinajstić information content (AvgIpc) is 3.24. The van der Waals surface area contributed by atoms with Gasteiger partial charge in [0.1, 0.15) is 6.61 Å². The van der Waals surface area contributed by atoms with Gasteiger partial charge in [-0.25, -0.2) is 0 Å². The molecular weight excluding hydrogens is 406 g/mol. The quantitative estimate of drug-likeness (QED) is 0.680. The number of Topliss-reactive ketones (excluding diaryl/α,β-unsaturated/α-hetero) is 1. The van der Waals surface area contributed by atoms with Crippen molar-refractivity contribution in [2.45, 2.75) is 71.0 Å². The zero-order valence-electron chi connectivity index (χ0n) is 19.5. The fraction of sp³-hybridized carbons (Fsp3) is 0.769. The Morgan fingerprint density at radius 3 is 2.84 bits per heavy atom. The van der Waals surface area contributed by atoms with E-state index in [0.717, 1.165) is 44.2 Å². The molecule has 5 aliphatic rings. The first-order valence-corrected chi connectivity index (χ1v) is 12.4. The smallest absolute Gasteiger partial charge is 0.192 e. The Morgan fingerprint density at radius 1 is 1.34 bits per heavy atom. The monoisotopic (exact) mass is 443 g/mol. The van der Waals surface area contributed by atoms with Crippen molar-refractivity contribution >= 4 is 11.6 Å². The number of nitrogens with zero attached hydrogens (tertiary/aromatic N) is 1. The van der Waals surface area contributed by atoms with Gasteiger partial charge in [0.05, 0.1) is 6.10 Å². The van der Waals surface area contributed by atoms with Crippen LogP contribution >= 0.6 is 0 Å². The van der Waals surface area contributed by atoms with Crippen LogP contribution in [0, 0.1) is 34.5 Å². The Balaban J connectivity index is 1.53. The summed E-state index contributed by atoms with van der Waals surface area (Å²) in [5, 5.41) is 23.5. The molecule has 0 aromatic heterocycles. The first kappa shape index (κ1) is 22.5. The highest BCUT2D eigenvalue weighted by Gasteiger charge is 2.75. The second-order valence-electron chi connectivity index (χ2n) is 11.3. The summed E-state index contributed by atoms with van der Waals surface area (Å²) < 4.78 is 0. The number of rotatable bonds is 5. The van der Waals surface area contributed by atoms with E-state index in [9.17, 15) is 19.8 Å². The molecule has 4 fully saturated rings. The number of aliphatic hydroxyl groups is 2. The van der Waals surface area contributed by atoms with Crippen LogP contribution in [0.15, 0.2) is 23.8 Å². The van der Waals surface area contributed by atoms with Crippen molar-refractivity contribution in [3.05, 3.63) is 23.8 Å². The number of ketones is 2. The van der Waals surface area contributed by atoms with E-state index < -0.39 is 23.7 Å². The Morgan fingerprint density at radius 2 is 2.12 bits per heavy atom. The van der Waals surface area contributed by atoms with Crippen molar-refractivity contribution in [3.8, 4) is 0 Å². The van der Waals surface area contributed by atoms with Gasteiger partial charge in [0, 0.05) is 35.8 Å². The van der Waals surface area contributed by atoms with Crippen LogP contribution in [0.25, 0.3) is 0 Å². The molecule has 0 bridgehead atoms.